The number of aliphatic hydroxyl groups excluding tert-OH is 1. The van der Waals surface area contributed by atoms with Gasteiger partial charge in [0.05, 0.1) is 6.61 Å². The minimum absolute atomic E-state index is 0.0965. The molecule has 0 heterocycles. The summed E-state index contributed by atoms with van der Waals surface area (Å²) in [5.74, 6) is -0.844. The van der Waals surface area contributed by atoms with Crippen molar-refractivity contribution in [2.24, 2.45) is 5.11 Å². The molecule has 0 spiro atoms. The second-order valence-electron chi connectivity index (χ2n) is 3.48. The summed E-state index contributed by atoms with van der Waals surface area (Å²) >= 11 is 11.8. The number of aliphatic hydroxyl groups is 1. The van der Waals surface area contributed by atoms with Crippen LogP contribution in [-0.4, -0.2) is 23.7 Å². The molecule has 0 aliphatic carbocycles. The summed E-state index contributed by atoms with van der Waals surface area (Å²) in [6.07, 6.45) is -1.48. The Hall–Kier alpha value is -1.46. The van der Waals surface area contributed by atoms with Crippen molar-refractivity contribution in [1.82, 2.24) is 0 Å². The molecule has 0 unspecified atom stereocenters. The lowest BCUT2D eigenvalue weighted by atomic mass is 10.0. The third-order valence-corrected chi connectivity index (χ3v) is 2.96. The quantitative estimate of drug-likeness (QED) is 0.391. The molecular weight excluding hydrogens is 293 g/mol. The highest BCUT2D eigenvalue weighted by Gasteiger charge is 2.31. The average molecular weight is 304 g/mol. The fourth-order valence-electron chi connectivity index (χ4n) is 1.47. The molecule has 6 nitrogen and oxygen atoms in total. The van der Waals surface area contributed by atoms with E-state index in [9.17, 15) is 9.90 Å². The van der Waals surface area contributed by atoms with Crippen LogP contribution in [0.3, 0.4) is 0 Å². The minimum Gasteiger partial charge on any atom is -0.466 e. The smallest absolute Gasteiger partial charge is 0.317 e. The molecule has 1 N–H and O–H groups in total. The van der Waals surface area contributed by atoms with Gasteiger partial charge in [0, 0.05) is 20.5 Å². The van der Waals surface area contributed by atoms with Gasteiger partial charge in [0.25, 0.3) is 0 Å². The highest BCUT2D eigenvalue weighted by Crippen LogP contribution is 2.33. The number of hydrogen-bond acceptors (Lipinski definition) is 4. The van der Waals surface area contributed by atoms with E-state index in [1.54, 1.807) is 13.0 Å². The number of nitrogens with zero attached hydrogens (tertiary/aromatic N) is 3. The van der Waals surface area contributed by atoms with Gasteiger partial charge in [-0.1, -0.05) is 34.4 Å². The highest BCUT2D eigenvalue weighted by atomic mass is 35.5. The van der Waals surface area contributed by atoms with Gasteiger partial charge >= 0.3 is 5.97 Å². The standard InChI is InChI=1S/C11H11Cl2N3O3/c1-2-19-11(18)9(15-16-14)10(17)8-6(12)4-3-5-7(8)13/h3-5,9-10,17H,2H2,1H3/t9-,10-/m0/s1. The van der Waals surface area contributed by atoms with Crippen molar-refractivity contribution in [3.05, 3.63) is 44.3 Å². The van der Waals surface area contributed by atoms with Crippen LogP contribution in [0.25, 0.3) is 10.4 Å². The van der Waals surface area contributed by atoms with Gasteiger partial charge in [-0.3, -0.25) is 4.79 Å². The monoisotopic (exact) mass is 303 g/mol. The number of carbonyl (C=O) groups excluding carboxylic acids is 1. The van der Waals surface area contributed by atoms with Crippen LogP contribution in [0.4, 0.5) is 0 Å². The lowest BCUT2D eigenvalue weighted by Crippen LogP contribution is -2.28. The lowest BCUT2D eigenvalue weighted by Gasteiger charge is -2.19. The van der Waals surface area contributed by atoms with Crippen molar-refractivity contribution in [2.45, 2.75) is 19.1 Å². The summed E-state index contributed by atoms with van der Waals surface area (Å²) in [5.41, 5.74) is 8.58. The maximum absolute atomic E-state index is 11.6. The van der Waals surface area contributed by atoms with E-state index in [0.717, 1.165) is 0 Å². The number of ether oxygens (including phenoxy) is 1. The Balaban J connectivity index is 3.16. The van der Waals surface area contributed by atoms with E-state index in [0.29, 0.717) is 0 Å². The Kier molecular flexibility index (Phi) is 5.92. The van der Waals surface area contributed by atoms with Gasteiger partial charge < -0.3 is 9.84 Å². The normalized spacial score (nSPS) is 13.3. The second kappa shape index (κ2) is 7.21. The van der Waals surface area contributed by atoms with E-state index in [2.05, 4.69) is 10.0 Å². The maximum atomic E-state index is 11.6. The zero-order valence-corrected chi connectivity index (χ0v) is 11.5. The van der Waals surface area contributed by atoms with Crippen LogP contribution in [0.15, 0.2) is 23.3 Å². The van der Waals surface area contributed by atoms with E-state index < -0.39 is 18.1 Å². The lowest BCUT2D eigenvalue weighted by molar-refractivity contribution is -0.147. The molecule has 102 valence electrons. The molecule has 1 aromatic carbocycles. The van der Waals surface area contributed by atoms with Gasteiger partial charge in [0.15, 0.2) is 6.04 Å². The summed E-state index contributed by atoms with van der Waals surface area (Å²) in [6.45, 7) is 1.69. The number of carbonyl (C=O) groups is 1. The van der Waals surface area contributed by atoms with Crippen LogP contribution >= 0.6 is 23.2 Å². The molecule has 8 heteroatoms. The Morgan fingerprint density at radius 2 is 2.11 bits per heavy atom. The van der Waals surface area contributed by atoms with E-state index in [4.69, 9.17) is 33.5 Å². The molecule has 0 aliphatic heterocycles. The van der Waals surface area contributed by atoms with Crippen LogP contribution < -0.4 is 0 Å². The summed E-state index contributed by atoms with van der Waals surface area (Å²) in [5, 5.41) is 13.7. The van der Waals surface area contributed by atoms with E-state index in [-0.39, 0.29) is 22.2 Å². The molecule has 2 atom stereocenters. The third kappa shape index (κ3) is 3.75. The number of hydrogen-bond donors (Lipinski definition) is 1. The summed E-state index contributed by atoms with van der Waals surface area (Å²) < 4.78 is 4.73. The van der Waals surface area contributed by atoms with E-state index in [1.807, 2.05) is 0 Å². The largest absolute Gasteiger partial charge is 0.466 e. The zero-order valence-electron chi connectivity index (χ0n) is 9.96. The number of benzene rings is 1. The summed E-state index contributed by atoms with van der Waals surface area (Å²) in [7, 11) is 0. The van der Waals surface area contributed by atoms with Crippen molar-refractivity contribution in [2.75, 3.05) is 6.61 Å². The fraction of sp³-hybridized carbons (Fsp3) is 0.364. The Labute approximate surface area is 119 Å². The van der Waals surface area contributed by atoms with Crippen LogP contribution in [0.2, 0.25) is 10.0 Å². The molecule has 0 saturated carbocycles. The molecule has 1 rings (SSSR count). The van der Waals surface area contributed by atoms with Crippen LogP contribution in [-0.2, 0) is 9.53 Å². The highest BCUT2D eigenvalue weighted by molar-refractivity contribution is 6.36. The molecule has 19 heavy (non-hydrogen) atoms. The molecule has 0 bridgehead atoms. The van der Waals surface area contributed by atoms with Crippen molar-refractivity contribution in [1.29, 1.82) is 0 Å². The molecule has 0 saturated heterocycles. The van der Waals surface area contributed by atoms with Crippen LogP contribution in [0.5, 0.6) is 0 Å². The Bertz CT molecular complexity index is 498. The van der Waals surface area contributed by atoms with Crippen LogP contribution in [0.1, 0.15) is 18.6 Å². The number of esters is 1. The average Bonchev–Trinajstić information content (AvgIpc) is 2.35. The van der Waals surface area contributed by atoms with Crippen LogP contribution in [0, 0.1) is 0 Å². The predicted octanol–water partition coefficient (Wildman–Crippen LogP) is 3.27. The van der Waals surface area contributed by atoms with Crippen molar-refractivity contribution < 1.29 is 14.6 Å². The molecule has 0 fully saturated rings. The zero-order chi connectivity index (χ0) is 14.4. The third-order valence-electron chi connectivity index (χ3n) is 2.30. The predicted molar refractivity (Wildman–Crippen MR) is 71.0 cm³/mol. The molecule has 0 aliphatic rings. The first-order valence-electron chi connectivity index (χ1n) is 5.35. The van der Waals surface area contributed by atoms with Crippen molar-refractivity contribution in [3.8, 4) is 0 Å². The minimum atomic E-state index is -1.48. The molecule has 0 aromatic heterocycles. The van der Waals surface area contributed by atoms with Gasteiger partial charge in [0.1, 0.15) is 6.10 Å². The molecule has 0 radical (unpaired) electrons. The van der Waals surface area contributed by atoms with Gasteiger partial charge in [-0.15, -0.1) is 0 Å². The maximum Gasteiger partial charge on any atom is 0.317 e. The molecular formula is C11H11Cl2N3O3. The number of azide groups is 1. The first kappa shape index (κ1) is 15.6. The molecule has 1 aromatic rings. The van der Waals surface area contributed by atoms with Gasteiger partial charge in [-0.2, -0.15) is 0 Å². The summed E-state index contributed by atoms with van der Waals surface area (Å²) in [4.78, 5) is 14.2. The number of rotatable bonds is 5. The Morgan fingerprint density at radius 1 is 1.53 bits per heavy atom. The topological polar surface area (TPSA) is 95.3 Å². The van der Waals surface area contributed by atoms with E-state index in [1.165, 1.54) is 12.1 Å². The summed E-state index contributed by atoms with van der Waals surface area (Å²) in [6, 6.07) is 3.16. The number of halogens is 2. The second-order valence-corrected chi connectivity index (χ2v) is 4.30. The van der Waals surface area contributed by atoms with Gasteiger partial charge in [-0.25, -0.2) is 0 Å². The van der Waals surface area contributed by atoms with Gasteiger partial charge in [0.2, 0.25) is 0 Å². The first-order valence-corrected chi connectivity index (χ1v) is 6.11. The van der Waals surface area contributed by atoms with Crippen molar-refractivity contribution in [3.63, 3.8) is 0 Å². The molecule has 0 amide bonds. The first-order chi connectivity index (χ1) is 9.02. The van der Waals surface area contributed by atoms with E-state index >= 15 is 0 Å². The van der Waals surface area contributed by atoms with Gasteiger partial charge in [-0.05, 0) is 24.6 Å². The SMILES string of the molecule is CCOC(=O)[C@@H](N=[N+]=[N-])[C@@H](O)c1c(Cl)cccc1Cl. The van der Waals surface area contributed by atoms with Crippen molar-refractivity contribution >= 4 is 29.2 Å². The fourth-order valence-corrected chi connectivity index (χ4v) is 2.09. The Morgan fingerprint density at radius 3 is 2.58 bits per heavy atom.